The van der Waals surface area contributed by atoms with Gasteiger partial charge in [0.1, 0.15) is 18.5 Å². The highest BCUT2D eigenvalue weighted by Gasteiger charge is 2.31. The fourth-order valence-electron chi connectivity index (χ4n) is 3.07. The average molecular weight is 442 g/mol. The fraction of sp³-hybridized carbons (Fsp3) is 0.200. The number of hydrogen-bond donors (Lipinski definition) is 1. The Kier molecular flexibility index (Phi) is 5.43. The van der Waals surface area contributed by atoms with E-state index in [0.717, 1.165) is 12.3 Å². The van der Waals surface area contributed by atoms with E-state index in [4.69, 9.17) is 0 Å². The normalized spacial score (nSPS) is 11.7. The molecule has 0 atom stereocenters. The van der Waals surface area contributed by atoms with Gasteiger partial charge in [0.2, 0.25) is 0 Å². The van der Waals surface area contributed by atoms with Crippen molar-refractivity contribution in [3.63, 3.8) is 0 Å². The van der Waals surface area contributed by atoms with E-state index in [9.17, 15) is 18.0 Å². The van der Waals surface area contributed by atoms with Crippen LogP contribution in [0.5, 0.6) is 0 Å². The molecule has 12 heteroatoms. The summed E-state index contributed by atoms with van der Waals surface area (Å²) in [6.45, 7) is 3.69. The van der Waals surface area contributed by atoms with Gasteiger partial charge in [0.15, 0.2) is 5.82 Å². The van der Waals surface area contributed by atoms with Gasteiger partial charge < -0.3 is 5.32 Å². The standard InChI is InChI=1S/C20H17F3N8O/c1-12(2)18-15(9-27-31(18)17-6-3-13(7-26-17)20(21,22)23)19(32)29-16-5-4-14(8-25-16)30-11-24-10-28-30/h3-12H,1-2H3,(H,25,29,32). The number of aromatic nitrogens is 7. The molecule has 0 aliphatic heterocycles. The molecule has 9 nitrogen and oxygen atoms in total. The molecule has 32 heavy (non-hydrogen) atoms. The van der Waals surface area contributed by atoms with E-state index in [1.807, 2.05) is 13.8 Å². The van der Waals surface area contributed by atoms with Gasteiger partial charge in [0.25, 0.3) is 5.91 Å². The first-order valence-corrected chi connectivity index (χ1v) is 9.48. The van der Waals surface area contributed by atoms with Gasteiger partial charge in [-0.2, -0.15) is 23.4 Å². The van der Waals surface area contributed by atoms with E-state index in [2.05, 4.69) is 30.5 Å². The van der Waals surface area contributed by atoms with E-state index in [1.165, 1.54) is 40.5 Å². The topological polar surface area (TPSA) is 103 Å². The van der Waals surface area contributed by atoms with Gasteiger partial charge >= 0.3 is 6.18 Å². The lowest BCUT2D eigenvalue weighted by atomic mass is 10.1. The number of rotatable bonds is 5. The summed E-state index contributed by atoms with van der Waals surface area (Å²) in [6, 6.07) is 5.48. The van der Waals surface area contributed by atoms with E-state index in [-0.39, 0.29) is 17.3 Å². The summed E-state index contributed by atoms with van der Waals surface area (Å²) in [7, 11) is 0. The van der Waals surface area contributed by atoms with Gasteiger partial charge in [-0.3, -0.25) is 4.79 Å². The van der Waals surface area contributed by atoms with Crippen molar-refractivity contribution >= 4 is 11.7 Å². The number of nitrogens with one attached hydrogen (secondary N) is 1. The van der Waals surface area contributed by atoms with Crippen molar-refractivity contribution in [3.05, 3.63) is 72.3 Å². The number of alkyl halides is 3. The van der Waals surface area contributed by atoms with E-state index in [0.29, 0.717) is 17.2 Å². The van der Waals surface area contributed by atoms with Crippen LogP contribution in [0.3, 0.4) is 0 Å². The van der Waals surface area contributed by atoms with Crippen molar-refractivity contribution in [1.29, 1.82) is 0 Å². The minimum atomic E-state index is -4.49. The second-order valence-electron chi connectivity index (χ2n) is 7.11. The van der Waals surface area contributed by atoms with Crippen LogP contribution < -0.4 is 5.32 Å². The highest BCUT2D eigenvalue weighted by Crippen LogP contribution is 2.29. The van der Waals surface area contributed by atoms with Crippen LogP contribution >= 0.6 is 0 Å². The Bertz CT molecular complexity index is 1210. The summed E-state index contributed by atoms with van der Waals surface area (Å²) in [6.07, 6.45) is 2.05. The first-order chi connectivity index (χ1) is 15.2. The SMILES string of the molecule is CC(C)c1c(C(=O)Nc2ccc(-n3cncn3)cn2)cnn1-c1ccc(C(F)(F)F)cn1. The molecule has 4 rings (SSSR count). The van der Waals surface area contributed by atoms with Crippen LogP contribution in [-0.2, 0) is 6.18 Å². The van der Waals surface area contributed by atoms with Gasteiger partial charge in [-0.15, -0.1) is 0 Å². The summed E-state index contributed by atoms with van der Waals surface area (Å²) in [5, 5.41) is 10.9. The summed E-state index contributed by atoms with van der Waals surface area (Å²) in [5.74, 6) is -0.122. The lowest BCUT2D eigenvalue weighted by Crippen LogP contribution is -2.16. The number of carbonyl (C=O) groups is 1. The van der Waals surface area contributed by atoms with Crippen molar-refractivity contribution in [1.82, 2.24) is 34.5 Å². The molecule has 0 aliphatic rings. The molecule has 4 aromatic heterocycles. The first kappa shape index (κ1) is 21.2. The number of amides is 1. The van der Waals surface area contributed by atoms with Crippen LogP contribution in [0.4, 0.5) is 19.0 Å². The fourth-order valence-corrected chi connectivity index (χ4v) is 3.07. The monoisotopic (exact) mass is 442 g/mol. The molecule has 0 unspecified atom stereocenters. The zero-order chi connectivity index (χ0) is 22.9. The lowest BCUT2D eigenvalue weighted by Gasteiger charge is -2.13. The third kappa shape index (κ3) is 4.19. The molecule has 1 N–H and O–H groups in total. The molecule has 0 spiro atoms. The zero-order valence-corrected chi connectivity index (χ0v) is 16.9. The highest BCUT2D eigenvalue weighted by molar-refractivity contribution is 6.04. The Balaban J connectivity index is 1.58. The molecule has 0 aromatic carbocycles. The molecule has 0 saturated carbocycles. The zero-order valence-electron chi connectivity index (χ0n) is 16.9. The Morgan fingerprint density at radius 1 is 1.03 bits per heavy atom. The number of hydrogen-bond acceptors (Lipinski definition) is 6. The highest BCUT2D eigenvalue weighted by atomic mass is 19.4. The molecule has 0 saturated heterocycles. The van der Waals surface area contributed by atoms with Gasteiger partial charge in [-0.25, -0.2) is 24.3 Å². The first-order valence-electron chi connectivity index (χ1n) is 9.48. The quantitative estimate of drug-likeness (QED) is 0.506. The third-order valence-electron chi connectivity index (χ3n) is 4.56. The van der Waals surface area contributed by atoms with Crippen LogP contribution in [0, 0.1) is 0 Å². The van der Waals surface area contributed by atoms with Crippen LogP contribution in [0.25, 0.3) is 11.5 Å². The van der Waals surface area contributed by atoms with Crippen LogP contribution in [0.1, 0.15) is 41.4 Å². The smallest absolute Gasteiger partial charge is 0.306 e. The molecule has 0 bridgehead atoms. The number of carbonyl (C=O) groups excluding carboxylic acids is 1. The summed E-state index contributed by atoms with van der Waals surface area (Å²) in [4.78, 5) is 24.8. The Morgan fingerprint density at radius 3 is 2.41 bits per heavy atom. The second-order valence-corrected chi connectivity index (χ2v) is 7.11. The minimum Gasteiger partial charge on any atom is -0.306 e. The Hall–Kier alpha value is -4.09. The minimum absolute atomic E-state index is 0.162. The van der Waals surface area contributed by atoms with Crippen LogP contribution in [0.15, 0.2) is 55.5 Å². The van der Waals surface area contributed by atoms with Gasteiger partial charge in [-0.05, 0) is 30.2 Å². The molecule has 4 heterocycles. The van der Waals surface area contributed by atoms with Crippen molar-refractivity contribution in [2.24, 2.45) is 0 Å². The number of halogens is 3. The Morgan fingerprint density at radius 2 is 1.84 bits per heavy atom. The molecule has 0 aliphatic carbocycles. The van der Waals surface area contributed by atoms with E-state index >= 15 is 0 Å². The largest absolute Gasteiger partial charge is 0.417 e. The molecule has 4 aromatic rings. The van der Waals surface area contributed by atoms with Gasteiger partial charge in [-0.1, -0.05) is 13.8 Å². The molecular weight excluding hydrogens is 425 g/mol. The predicted octanol–water partition coefficient (Wildman–Crippen LogP) is 3.64. The number of pyridine rings is 2. The molecule has 0 fully saturated rings. The number of anilines is 1. The van der Waals surface area contributed by atoms with Crippen LogP contribution in [0.2, 0.25) is 0 Å². The average Bonchev–Trinajstić information content (AvgIpc) is 3.44. The van der Waals surface area contributed by atoms with Gasteiger partial charge in [0.05, 0.1) is 34.9 Å². The third-order valence-corrected chi connectivity index (χ3v) is 4.56. The lowest BCUT2D eigenvalue weighted by molar-refractivity contribution is -0.137. The molecule has 0 radical (unpaired) electrons. The van der Waals surface area contributed by atoms with Crippen molar-refractivity contribution in [3.8, 4) is 11.5 Å². The van der Waals surface area contributed by atoms with Crippen molar-refractivity contribution < 1.29 is 18.0 Å². The van der Waals surface area contributed by atoms with E-state index < -0.39 is 17.6 Å². The summed E-state index contributed by atoms with van der Waals surface area (Å²) in [5.41, 5.74) is 0.584. The predicted molar refractivity (Wildman–Crippen MR) is 108 cm³/mol. The van der Waals surface area contributed by atoms with E-state index in [1.54, 1.807) is 12.1 Å². The summed E-state index contributed by atoms with van der Waals surface area (Å²) < 4.78 is 41.4. The molecule has 1 amide bonds. The Labute approximate surface area is 180 Å². The second kappa shape index (κ2) is 8.21. The number of nitrogens with zero attached hydrogens (tertiary/aromatic N) is 7. The van der Waals surface area contributed by atoms with Crippen molar-refractivity contribution in [2.75, 3.05) is 5.32 Å². The molecular formula is C20H17F3N8O. The van der Waals surface area contributed by atoms with Gasteiger partial charge in [0, 0.05) is 6.20 Å². The van der Waals surface area contributed by atoms with Crippen molar-refractivity contribution in [2.45, 2.75) is 25.9 Å². The molecule has 164 valence electrons. The maximum atomic E-state index is 12.9. The van der Waals surface area contributed by atoms with Crippen LogP contribution in [-0.4, -0.2) is 40.4 Å². The maximum Gasteiger partial charge on any atom is 0.417 e. The maximum absolute atomic E-state index is 12.9. The summed E-state index contributed by atoms with van der Waals surface area (Å²) >= 11 is 0.